The first-order valence-corrected chi connectivity index (χ1v) is 9.32. The molecule has 1 N–H and O–H groups in total. The standard InChI is InChI=1S/C17H18ClN5OS/c1-9-5-6-12(7-14(9)18)20-15(24)8-13-10(2)19-16-21-17(25-4)22-23(16)11(13)3/h5-7H,8H2,1-4H3,(H,20,24). The summed E-state index contributed by atoms with van der Waals surface area (Å²) in [6, 6.07) is 5.46. The Kier molecular flexibility index (Phi) is 4.96. The predicted octanol–water partition coefficient (Wildman–Crippen LogP) is 3.61. The molecule has 0 saturated heterocycles. The second-order valence-electron chi connectivity index (χ2n) is 5.76. The van der Waals surface area contributed by atoms with E-state index < -0.39 is 0 Å². The maximum Gasteiger partial charge on any atom is 0.253 e. The average molecular weight is 376 g/mol. The van der Waals surface area contributed by atoms with Gasteiger partial charge in [-0.25, -0.2) is 9.50 Å². The SMILES string of the molecule is CSc1nc2nc(C)c(CC(=O)Nc3ccc(C)c(Cl)c3)c(C)n2n1. The number of anilines is 1. The number of hydrogen-bond acceptors (Lipinski definition) is 5. The summed E-state index contributed by atoms with van der Waals surface area (Å²) < 4.78 is 1.68. The van der Waals surface area contributed by atoms with E-state index in [1.807, 2.05) is 39.2 Å². The monoisotopic (exact) mass is 375 g/mol. The molecule has 0 fully saturated rings. The Balaban J connectivity index is 1.86. The lowest BCUT2D eigenvalue weighted by molar-refractivity contribution is -0.115. The van der Waals surface area contributed by atoms with Gasteiger partial charge in [-0.15, -0.1) is 5.10 Å². The second-order valence-corrected chi connectivity index (χ2v) is 6.94. The number of amides is 1. The molecule has 0 aliphatic heterocycles. The molecule has 0 unspecified atom stereocenters. The number of nitrogens with one attached hydrogen (secondary N) is 1. The minimum Gasteiger partial charge on any atom is -0.326 e. The third-order valence-electron chi connectivity index (χ3n) is 4.01. The molecule has 25 heavy (non-hydrogen) atoms. The van der Waals surface area contributed by atoms with Crippen LogP contribution < -0.4 is 5.32 Å². The smallest absolute Gasteiger partial charge is 0.253 e. The number of hydrogen-bond donors (Lipinski definition) is 1. The minimum absolute atomic E-state index is 0.127. The molecular weight excluding hydrogens is 358 g/mol. The van der Waals surface area contributed by atoms with Crippen LogP contribution in [0.15, 0.2) is 23.4 Å². The molecule has 1 aromatic carbocycles. The van der Waals surface area contributed by atoms with Crippen LogP contribution in [-0.4, -0.2) is 31.7 Å². The van der Waals surface area contributed by atoms with E-state index in [1.54, 1.807) is 10.6 Å². The summed E-state index contributed by atoms with van der Waals surface area (Å²) in [5.41, 5.74) is 4.14. The largest absolute Gasteiger partial charge is 0.326 e. The van der Waals surface area contributed by atoms with Gasteiger partial charge in [0.05, 0.1) is 6.42 Å². The van der Waals surface area contributed by atoms with Crippen LogP contribution in [0.2, 0.25) is 5.02 Å². The van der Waals surface area contributed by atoms with Crippen LogP contribution in [0.4, 0.5) is 5.69 Å². The lowest BCUT2D eigenvalue weighted by atomic mass is 10.1. The van der Waals surface area contributed by atoms with Gasteiger partial charge in [0.2, 0.25) is 11.1 Å². The molecule has 2 aromatic heterocycles. The van der Waals surface area contributed by atoms with Gasteiger partial charge in [0.1, 0.15) is 0 Å². The Morgan fingerprint density at radius 1 is 1.28 bits per heavy atom. The number of carbonyl (C=O) groups excluding carboxylic acids is 1. The van der Waals surface area contributed by atoms with Crippen LogP contribution in [-0.2, 0) is 11.2 Å². The Labute approximate surface area is 155 Å². The van der Waals surface area contributed by atoms with E-state index in [4.69, 9.17) is 11.6 Å². The topological polar surface area (TPSA) is 72.2 Å². The molecule has 0 aliphatic carbocycles. The Morgan fingerprint density at radius 2 is 2.04 bits per heavy atom. The van der Waals surface area contributed by atoms with E-state index in [0.29, 0.717) is 21.6 Å². The van der Waals surface area contributed by atoms with Crippen molar-refractivity contribution < 1.29 is 4.79 Å². The minimum atomic E-state index is -0.127. The molecule has 6 nitrogen and oxygen atoms in total. The van der Waals surface area contributed by atoms with Crippen molar-refractivity contribution in [2.75, 3.05) is 11.6 Å². The van der Waals surface area contributed by atoms with Gasteiger partial charge in [0.25, 0.3) is 5.78 Å². The lowest BCUT2D eigenvalue weighted by Gasteiger charge is -2.11. The van der Waals surface area contributed by atoms with Crippen molar-refractivity contribution in [3.05, 3.63) is 45.7 Å². The molecule has 0 aliphatic rings. The van der Waals surface area contributed by atoms with Gasteiger partial charge in [0, 0.05) is 27.7 Å². The molecule has 3 rings (SSSR count). The van der Waals surface area contributed by atoms with Gasteiger partial charge in [0.15, 0.2) is 0 Å². The number of thioether (sulfide) groups is 1. The van der Waals surface area contributed by atoms with Crippen molar-refractivity contribution in [1.82, 2.24) is 19.6 Å². The van der Waals surface area contributed by atoms with Gasteiger partial charge < -0.3 is 5.32 Å². The summed E-state index contributed by atoms with van der Waals surface area (Å²) in [6.07, 6.45) is 2.12. The molecule has 2 heterocycles. The van der Waals surface area contributed by atoms with Crippen LogP contribution in [0.5, 0.6) is 0 Å². The fourth-order valence-electron chi connectivity index (χ4n) is 2.57. The number of halogens is 1. The van der Waals surface area contributed by atoms with Crippen molar-refractivity contribution in [1.29, 1.82) is 0 Å². The van der Waals surface area contributed by atoms with Crippen LogP contribution in [0.25, 0.3) is 5.78 Å². The molecule has 0 atom stereocenters. The summed E-state index contributed by atoms with van der Waals surface area (Å²) >= 11 is 7.57. The molecule has 0 radical (unpaired) electrons. The average Bonchev–Trinajstić information content (AvgIpc) is 2.98. The first kappa shape index (κ1) is 17.7. The van der Waals surface area contributed by atoms with E-state index in [-0.39, 0.29) is 12.3 Å². The van der Waals surface area contributed by atoms with E-state index in [2.05, 4.69) is 20.4 Å². The van der Waals surface area contributed by atoms with Crippen molar-refractivity contribution >= 4 is 40.7 Å². The molecule has 3 aromatic rings. The second kappa shape index (κ2) is 7.01. The lowest BCUT2D eigenvalue weighted by Crippen LogP contribution is -2.17. The number of carbonyl (C=O) groups is 1. The molecule has 130 valence electrons. The number of aryl methyl sites for hydroxylation is 3. The first-order valence-electron chi connectivity index (χ1n) is 7.72. The van der Waals surface area contributed by atoms with Gasteiger partial charge in [-0.05, 0) is 44.7 Å². The number of rotatable bonds is 4. The highest BCUT2D eigenvalue weighted by molar-refractivity contribution is 7.98. The fraction of sp³-hybridized carbons (Fsp3) is 0.294. The summed E-state index contributed by atoms with van der Waals surface area (Å²) in [7, 11) is 0. The first-order chi connectivity index (χ1) is 11.9. The van der Waals surface area contributed by atoms with E-state index in [0.717, 1.165) is 22.5 Å². The zero-order valence-electron chi connectivity index (χ0n) is 14.4. The summed E-state index contributed by atoms with van der Waals surface area (Å²) in [5.74, 6) is 0.422. The van der Waals surface area contributed by atoms with E-state index in [1.165, 1.54) is 11.8 Å². The van der Waals surface area contributed by atoms with Gasteiger partial charge in [-0.3, -0.25) is 4.79 Å². The van der Waals surface area contributed by atoms with E-state index >= 15 is 0 Å². The Hall–Kier alpha value is -2.12. The molecular formula is C17H18ClN5OS. The molecule has 0 bridgehead atoms. The zero-order valence-corrected chi connectivity index (χ0v) is 16.0. The molecule has 0 spiro atoms. The van der Waals surface area contributed by atoms with Crippen molar-refractivity contribution in [3.63, 3.8) is 0 Å². The highest BCUT2D eigenvalue weighted by Crippen LogP contribution is 2.21. The molecule has 0 saturated carbocycles. The van der Waals surface area contributed by atoms with Crippen molar-refractivity contribution in [2.45, 2.75) is 32.3 Å². The number of nitrogens with zero attached hydrogens (tertiary/aromatic N) is 4. The van der Waals surface area contributed by atoms with Gasteiger partial charge >= 0.3 is 0 Å². The summed E-state index contributed by atoms with van der Waals surface area (Å²) in [5, 5.41) is 8.56. The number of fused-ring (bicyclic) bond motifs is 1. The van der Waals surface area contributed by atoms with Crippen LogP contribution in [0, 0.1) is 20.8 Å². The zero-order chi connectivity index (χ0) is 18.1. The van der Waals surface area contributed by atoms with Crippen LogP contribution in [0.1, 0.15) is 22.5 Å². The number of benzene rings is 1. The fourth-order valence-corrected chi connectivity index (χ4v) is 3.09. The van der Waals surface area contributed by atoms with Crippen molar-refractivity contribution in [2.24, 2.45) is 0 Å². The maximum atomic E-state index is 12.4. The van der Waals surface area contributed by atoms with Crippen molar-refractivity contribution in [3.8, 4) is 0 Å². The molecule has 8 heteroatoms. The normalized spacial score (nSPS) is 11.1. The van der Waals surface area contributed by atoms with Crippen LogP contribution >= 0.6 is 23.4 Å². The predicted molar refractivity (Wildman–Crippen MR) is 101 cm³/mol. The van der Waals surface area contributed by atoms with E-state index in [9.17, 15) is 4.79 Å². The van der Waals surface area contributed by atoms with Gasteiger partial charge in [-0.2, -0.15) is 4.98 Å². The Morgan fingerprint density at radius 3 is 2.72 bits per heavy atom. The maximum absolute atomic E-state index is 12.4. The Bertz CT molecular complexity index is 969. The third-order valence-corrected chi connectivity index (χ3v) is 4.95. The summed E-state index contributed by atoms with van der Waals surface area (Å²) in [6.45, 7) is 5.72. The summed E-state index contributed by atoms with van der Waals surface area (Å²) in [4.78, 5) is 21.3. The highest BCUT2D eigenvalue weighted by atomic mass is 35.5. The number of aromatic nitrogens is 4. The highest BCUT2D eigenvalue weighted by Gasteiger charge is 2.16. The molecule has 1 amide bonds. The third kappa shape index (κ3) is 3.62. The van der Waals surface area contributed by atoms with Crippen LogP contribution in [0.3, 0.4) is 0 Å². The van der Waals surface area contributed by atoms with Gasteiger partial charge in [-0.1, -0.05) is 29.4 Å². The quantitative estimate of drug-likeness (QED) is 0.705.